The molecule has 18 heavy (non-hydrogen) atoms. The van der Waals surface area contributed by atoms with E-state index in [4.69, 9.17) is 4.74 Å². The molecule has 1 aromatic carbocycles. The minimum absolute atomic E-state index is 0.0358. The van der Waals surface area contributed by atoms with Gasteiger partial charge in [0.25, 0.3) is 0 Å². The molecule has 98 valence electrons. The molecule has 0 radical (unpaired) electrons. The van der Waals surface area contributed by atoms with Crippen LogP contribution in [0.5, 0.6) is 0 Å². The van der Waals surface area contributed by atoms with Crippen LogP contribution in [0.4, 0.5) is 0 Å². The second-order valence-corrected chi connectivity index (χ2v) is 4.76. The van der Waals surface area contributed by atoms with Crippen molar-refractivity contribution in [3.63, 3.8) is 0 Å². The lowest BCUT2D eigenvalue weighted by atomic mass is 9.94. The molecule has 0 saturated carbocycles. The fraction of sp³-hybridized carbons (Fsp3) is 0.533. The fourth-order valence-corrected chi connectivity index (χ4v) is 2.43. The van der Waals surface area contributed by atoms with Crippen LogP contribution in [0.2, 0.25) is 0 Å². The Morgan fingerprint density at radius 2 is 2.11 bits per heavy atom. The Morgan fingerprint density at radius 1 is 1.33 bits per heavy atom. The largest absolute Gasteiger partial charge is 0.379 e. The Morgan fingerprint density at radius 3 is 2.83 bits per heavy atom. The Bertz CT molecular complexity index is 377. The van der Waals surface area contributed by atoms with Crippen LogP contribution in [-0.2, 0) is 16.0 Å². The van der Waals surface area contributed by atoms with Gasteiger partial charge in [0, 0.05) is 12.5 Å². The number of hydrogen-bond donors (Lipinski definition) is 1. The lowest BCUT2D eigenvalue weighted by molar-refractivity contribution is -0.123. The van der Waals surface area contributed by atoms with E-state index >= 15 is 0 Å². The topological polar surface area (TPSA) is 38.3 Å². The summed E-state index contributed by atoms with van der Waals surface area (Å²) < 4.78 is 5.41. The predicted molar refractivity (Wildman–Crippen MR) is 71.5 cm³/mol. The van der Waals surface area contributed by atoms with Crippen LogP contribution < -0.4 is 5.32 Å². The van der Waals surface area contributed by atoms with Gasteiger partial charge >= 0.3 is 0 Å². The van der Waals surface area contributed by atoms with E-state index in [-0.39, 0.29) is 12.0 Å². The van der Waals surface area contributed by atoms with Crippen LogP contribution in [0.1, 0.15) is 18.9 Å². The number of likely N-dealkylation sites (N-methyl/N-ethyl adjacent to an activating group) is 1. The van der Waals surface area contributed by atoms with Gasteiger partial charge < -0.3 is 10.1 Å². The molecule has 1 N–H and O–H groups in total. The highest BCUT2D eigenvalue weighted by molar-refractivity contribution is 5.82. The van der Waals surface area contributed by atoms with Crippen molar-refractivity contribution in [3.8, 4) is 0 Å². The van der Waals surface area contributed by atoms with E-state index in [0.29, 0.717) is 25.4 Å². The maximum atomic E-state index is 12.2. The standard InChI is InChI=1S/C15H21NO2/c1-2-16-14-11-18-10-13(14)15(17)9-8-12-6-4-3-5-7-12/h3-7,13-14,16H,2,8-11H2,1H3. The maximum absolute atomic E-state index is 12.2. The van der Waals surface area contributed by atoms with Gasteiger partial charge in [-0.3, -0.25) is 4.79 Å². The molecular weight excluding hydrogens is 226 g/mol. The molecule has 0 aromatic heterocycles. The number of ketones is 1. The molecule has 0 bridgehead atoms. The van der Waals surface area contributed by atoms with Crippen molar-refractivity contribution in [1.82, 2.24) is 5.32 Å². The molecule has 1 aliphatic rings. The molecule has 1 heterocycles. The highest BCUT2D eigenvalue weighted by Crippen LogP contribution is 2.17. The van der Waals surface area contributed by atoms with Gasteiger partial charge in [0.05, 0.1) is 19.1 Å². The van der Waals surface area contributed by atoms with Gasteiger partial charge in [-0.15, -0.1) is 0 Å². The molecule has 2 atom stereocenters. The molecule has 3 nitrogen and oxygen atoms in total. The molecule has 1 aromatic rings. The summed E-state index contributed by atoms with van der Waals surface area (Å²) >= 11 is 0. The highest BCUT2D eigenvalue weighted by Gasteiger charge is 2.32. The summed E-state index contributed by atoms with van der Waals surface area (Å²) in [5.74, 6) is 0.357. The normalized spacial score (nSPS) is 23.2. The van der Waals surface area contributed by atoms with Gasteiger partial charge in [0.1, 0.15) is 5.78 Å². The predicted octanol–water partition coefficient (Wildman–Crippen LogP) is 1.81. The lowest BCUT2D eigenvalue weighted by Gasteiger charge is -2.16. The van der Waals surface area contributed by atoms with E-state index in [1.807, 2.05) is 18.2 Å². The van der Waals surface area contributed by atoms with E-state index in [2.05, 4.69) is 24.4 Å². The molecular formula is C15H21NO2. The van der Waals surface area contributed by atoms with Crippen molar-refractivity contribution in [3.05, 3.63) is 35.9 Å². The molecule has 0 amide bonds. The van der Waals surface area contributed by atoms with E-state index in [1.165, 1.54) is 5.56 Å². The van der Waals surface area contributed by atoms with Crippen LogP contribution in [0.3, 0.4) is 0 Å². The molecule has 2 unspecified atom stereocenters. The minimum atomic E-state index is 0.0358. The molecule has 1 fully saturated rings. The summed E-state index contributed by atoms with van der Waals surface area (Å²) in [6.45, 7) is 4.18. The summed E-state index contributed by atoms with van der Waals surface area (Å²) in [4.78, 5) is 12.2. The highest BCUT2D eigenvalue weighted by atomic mass is 16.5. The third kappa shape index (κ3) is 3.40. The van der Waals surface area contributed by atoms with Gasteiger partial charge in [-0.1, -0.05) is 37.3 Å². The van der Waals surface area contributed by atoms with Crippen LogP contribution in [-0.4, -0.2) is 31.6 Å². The minimum Gasteiger partial charge on any atom is -0.379 e. The SMILES string of the molecule is CCNC1COCC1C(=O)CCc1ccccc1. The van der Waals surface area contributed by atoms with Gasteiger partial charge in [-0.05, 0) is 18.5 Å². The third-order valence-corrected chi connectivity index (χ3v) is 3.46. The number of hydrogen-bond acceptors (Lipinski definition) is 3. The lowest BCUT2D eigenvalue weighted by Crippen LogP contribution is -2.39. The number of carbonyl (C=O) groups is 1. The quantitative estimate of drug-likeness (QED) is 0.833. The number of benzene rings is 1. The van der Waals surface area contributed by atoms with Crippen molar-refractivity contribution in [1.29, 1.82) is 0 Å². The Balaban J connectivity index is 1.84. The van der Waals surface area contributed by atoms with Crippen molar-refractivity contribution >= 4 is 5.78 Å². The van der Waals surface area contributed by atoms with Crippen LogP contribution in [0.25, 0.3) is 0 Å². The second kappa shape index (κ2) is 6.66. The number of Topliss-reactive ketones (excluding diaryl/α,β-unsaturated/α-hetero) is 1. The molecule has 2 rings (SSSR count). The molecule has 3 heteroatoms. The number of aryl methyl sites for hydroxylation is 1. The fourth-order valence-electron chi connectivity index (χ4n) is 2.43. The monoisotopic (exact) mass is 247 g/mol. The van der Waals surface area contributed by atoms with Crippen LogP contribution in [0.15, 0.2) is 30.3 Å². The summed E-state index contributed by atoms with van der Waals surface area (Å²) in [7, 11) is 0. The summed E-state index contributed by atoms with van der Waals surface area (Å²) in [6, 6.07) is 10.4. The van der Waals surface area contributed by atoms with Crippen molar-refractivity contribution in [2.24, 2.45) is 5.92 Å². The van der Waals surface area contributed by atoms with E-state index in [9.17, 15) is 4.79 Å². The Kier molecular flexibility index (Phi) is 4.90. The average Bonchev–Trinajstić information content (AvgIpc) is 2.86. The van der Waals surface area contributed by atoms with Gasteiger partial charge in [0.15, 0.2) is 0 Å². The summed E-state index contributed by atoms with van der Waals surface area (Å²) in [5, 5.41) is 3.33. The van der Waals surface area contributed by atoms with Gasteiger partial charge in [0.2, 0.25) is 0 Å². The zero-order valence-corrected chi connectivity index (χ0v) is 10.9. The van der Waals surface area contributed by atoms with Crippen LogP contribution in [0, 0.1) is 5.92 Å². The van der Waals surface area contributed by atoms with Crippen molar-refractivity contribution in [2.75, 3.05) is 19.8 Å². The first kappa shape index (κ1) is 13.2. The number of carbonyl (C=O) groups excluding carboxylic acids is 1. The molecule has 1 aliphatic heterocycles. The smallest absolute Gasteiger partial charge is 0.140 e. The Labute approximate surface area is 109 Å². The first-order chi connectivity index (χ1) is 8.81. The average molecular weight is 247 g/mol. The van der Waals surface area contributed by atoms with Gasteiger partial charge in [-0.2, -0.15) is 0 Å². The van der Waals surface area contributed by atoms with Crippen molar-refractivity contribution < 1.29 is 9.53 Å². The Hall–Kier alpha value is -1.19. The summed E-state index contributed by atoms with van der Waals surface area (Å²) in [5.41, 5.74) is 1.23. The van der Waals surface area contributed by atoms with E-state index < -0.39 is 0 Å². The molecule has 1 saturated heterocycles. The van der Waals surface area contributed by atoms with Crippen molar-refractivity contribution in [2.45, 2.75) is 25.8 Å². The maximum Gasteiger partial charge on any atom is 0.140 e. The zero-order chi connectivity index (χ0) is 12.8. The summed E-state index contributed by atoms with van der Waals surface area (Å²) in [6.07, 6.45) is 1.44. The number of nitrogens with one attached hydrogen (secondary N) is 1. The first-order valence-electron chi connectivity index (χ1n) is 6.69. The molecule has 0 spiro atoms. The zero-order valence-electron chi connectivity index (χ0n) is 10.9. The van der Waals surface area contributed by atoms with E-state index in [0.717, 1.165) is 13.0 Å². The van der Waals surface area contributed by atoms with E-state index in [1.54, 1.807) is 0 Å². The number of rotatable bonds is 6. The van der Waals surface area contributed by atoms with Gasteiger partial charge in [-0.25, -0.2) is 0 Å². The third-order valence-electron chi connectivity index (χ3n) is 3.46. The second-order valence-electron chi connectivity index (χ2n) is 4.76. The first-order valence-corrected chi connectivity index (χ1v) is 6.69. The molecule has 0 aliphatic carbocycles. The number of ether oxygens (including phenoxy) is 1. The van der Waals surface area contributed by atoms with Crippen LogP contribution >= 0.6 is 0 Å².